The third-order valence-corrected chi connectivity index (χ3v) is 3.31. The molecule has 0 amide bonds. The third-order valence-electron chi connectivity index (χ3n) is 3.06. The van der Waals surface area contributed by atoms with Gasteiger partial charge in [0.2, 0.25) is 0 Å². The highest BCUT2D eigenvalue weighted by Gasteiger charge is 2.09. The normalized spacial score (nSPS) is 10.0. The van der Waals surface area contributed by atoms with Gasteiger partial charge in [0, 0.05) is 12.2 Å². The van der Waals surface area contributed by atoms with E-state index in [9.17, 15) is 4.79 Å². The smallest absolute Gasteiger partial charge is 0.338 e. The lowest BCUT2D eigenvalue weighted by Gasteiger charge is -2.13. The summed E-state index contributed by atoms with van der Waals surface area (Å²) in [6.45, 7) is 7.15. The molecule has 0 spiro atoms. The van der Waals surface area contributed by atoms with Crippen molar-refractivity contribution in [2.45, 2.75) is 40.0 Å². The van der Waals surface area contributed by atoms with Gasteiger partial charge in [-0.15, -0.1) is 0 Å². The van der Waals surface area contributed by atoms with E-state index in [1.165, 1.54) is 12.8 Å². The number of nitrogens with one attached hydrogen (secondary N) is 2. The molecule has 0 unspecified atom stereocenters. The lowest BCUT2D eigenvalue weighted by atomic mass is 10.1. The van der Waals surface area contributed by atoms with Gasteiger partial charge in [-0.3, -0.25) is 0 Å². The summed E-state index contributed by atoms with van der Waals surface area (Å²) in [5.41, 5.74) is 2.38. The summed E-state index contributed by atoms with van der Waals surface area (Å²) in [4.78, 5) is 11.7. The first-order chi connectivity index (χ1) is 10.1. The molecule has 2 N–H and O–H groups in total. The second kappa shape index (κ2) is 9.34. The Labute approximate surface area is 132 Å². The fourth-order valence-corrected chi connectivity index (χ4v) is 2.05. The Kier molecular flexibility index (Phi) is 7.75. The summed E-state index contributed by atoms with van der Waals surface area (Å²) in [7, 11) is 0. The van der Waals surface area contributed by atoms with Crippen molar-refractivity contribution in [2.24, 2.45) is 0 Å². The van der Waals surface area contributed by atoms with Gasteiger partial charge in [-0.05, 0) is 50.2 Å². The molecule has 0 aromatic heterocycles. The number of hydrogen-bond donors (Lipinski definition) is 2. The monoisotopic (exact) mass is 308 g/mol. The second-order valence-electron chi connectivity index (χ2n) is 4.84. The standard InChI is InChI=1S/C16H24N2O2S/c1-4-6-7-10-17-16(21)18-14-11-13(9-8-12(14)3)15(19)20-5-2/h8-9,11H,4-7,10H2,1-3H3,(H2,17,18,21). The quantitative estimate of drug-likeness (QED) is 0.457. The number of carbonyl (C=O) groups excluding carboxylic acids is 1. The van der Waals surface area contributed by atoms with Gasteiger partial charge in [-0.2, -0.15) is 0 Å². The Bertz CT molecular complexity index is 489. The molecule has 21 heavy (non-hydrogen) atoms. The van der Waals surface area contributed by atoms with Crippen molar-refractivity contribution >= 4 is 29.0 Å². The Morgan fingerprint density at radius 1 is 1.29 bits per heavy atom. The average Bonchev–Trinajstić information content (AvgIpc) is 2.46. The van der Waals surface area contributed by atoms with Crippen LogP contribution in [-0.2, 0) is 4.74 Å². The molecule has 1 aromatic carbocycles. The van der Waals surface area contributed by atoms with Gasteiger partial charge >= 0.3 is 5.97 Å². The molecule has 5 heteroatoms. The van der Waals surface area contributed by atoms with Crippen LogP contribution in [0.2, 0.25) is 0 Å². The molecule has 4 nitrogen and oxygen atoms in total. The fourth-order valence-electron chi connectivity index (χ4n) is 1.84. The van der Waals surface area contributed by atoms with Crippen LogP contribution in [0.15, 0.2) is 18.2 Å². The van der Waals surface area contributed by atoms with E-state index < -0.39 is 0 Å². The van der Waals surface area contributed by atoms with Gasteiger partial charge in [0.25, 0.3) is 0 Å². The maximum atomic E-state index is 11.7. The molecule has 0 atom stereocenters. The first-order valence-corrected chi connectivity index (χ1v) is 7.82. The number of rotatable bonds is 7. The summed E-state index contributed by atoms with van der Waals surface area (Å²) in [5, 5.41) is 6.89. The number of esters is 1. The molecular formula is C16H24N2O2S. The summed E-state index contributed by atoms with van der Waals surface area (Å²) >= 11 is 5.27. The van der Waals surface area contributed by atoms with Crippen LogP contribution >= 0.6 is 12.2 Å². The minimum Gasteiger partial charge on any atom is -0.462 e. The minimum absolute atomic E-state index is 0.317. The molecule has 1 aromatic rings. The van der Waals surface area contributed by atoms with Crippen LogP contribution in [0.1, 0.15) is 49.0 Å². The van der Waals surface area contributed by atoms with Crippen LogP contribution in [-0.4, -0.2) is 24.2 Å². The highest BCUT2D eigenvalue weighted by atomic mass is 32.1. The van der Waals surface area contributed by atoms with Gasteiger partial charge in [0.15, 0.2) is 5.11 Å². The van der Waals surface area contributed by atoms with Crippen LogP contribution < -0.4 is 10.6 Å². The van der Waals surface area contributed by atoms with E-state index in [2.05, 4.69) is 17.6 Å². The topological polar surface area (TPSA) is 50.4 Å². The number of aryl methyl sites for hydroxylation is 1. The van der Waals surface area contributed by atoms with Crippen molar-refractivity contribution in [1.29, 1.82) is 0 Å². The Balaban J connectivity index is 2.63. The maximum Gasteiger partial charge on any atom is 0.338 e. The summed E-state index contributed by atoms with van der Waals surface area (Å²) in [6.07, 6.45) is 3.47. The van der Waals surface area contributed by atoms with E-state index in [1.807, 2.05) is 13.0 Å². The average molecular weight is 308 g/mol. The van der Waals surface area contributed by atoms with E-state index in [0.717, 1.165) is 24.2 Å². The number of unbranched alkanes of at least 4 members (excludes halogenated alkanes) is 2. The number of ether oxygens (including phenoxy) is 1. The van der Waals surface area contributed by atoms with Gasteiger partial charge in [-0.25, -0.2) is 4.79 Å². The molecule has 0 fully saturated rings. The van der Waals surface area contributed by atoms with Crippen molar-refractivity contribution in [3.8, 4) is 0 Å². The third kappa shape index (κ3) is 6.12. The zero-order chi connectivity index (χ0) is 15.7. The first-order valence-electron chi connectivity index (χ1n) is 7.41. The van der Waals surface area contributed by atoms with Crippen LogP contribution in [0.25, 0.3) is 0 Å². The van der Waals surface area contributed by atoms with Crippen LogP contribution in [0.5, 0.6) is 0 Å². The molecular weight excluding hydrogens is 284 g/mol. The Hall–Kier alpha value is -1.62. The highest BCUT2D eigenvalue weighted by Crippen LogP contribution is 2.17. The predicted octanol–water partition coefficient (Wildman–Crippen LogP) is 3.65. The lowest BCUT2D eigenvalue weighted by molar-refractivity contribution is 0.0526. The molecule has 1 rings (SSSR count). The van der Waals surface area contributed by atoms with Crippen molar-refractivity contribution in [3.63, 3.8) is 0 Å². The number of anilines is 1. The van der Waals surface area contributed by atoms with E-state index in [-0.39, 0.29) is 5.97 Å². The Morgan fingerprint density at radius 2 is 2.05 bits per heavy atom. The van der Waals surface area contributed by atoms with E-state index >= 15 is 0 Å². The number of hydrogen-bond acceptors (Lipinski definition) is 3. The SMILES string of the molecule is CCCCCNC(=S)Nc1cc(C(=O)OCC)ccc1C. The van der Waals surface area contributed by atoms with Gasteiger partial charge < -0.3 is 15.4 Å². The highest BCUT2D eigenvalue weighted by molar-refractivity contribution is 7.80. The van der Waals surface area contributed by atoms with Crippen LogP contribution in [0, 0.1) is 6.92 Å². The molecule has 0 bridgehead atoms. The maximum absolute atomic E-state index is 11.7. The van der Waals surface area contributed by atoms with Crippen molar-refractivity contribution < 1.29 is 9.53 Å². The van der Waals surface area contributed by atoms with Gasteiger partial charge in [0.05, 0.1) is 12.2 Å². The number of thiocarbonyl (C=S) groups is 1. The van der Waals surface area contributed by atoms with E-state index in [0.29, 0.717) is 17.3 Å². The minimum atomic E-state index is -0.317. The van der Waals surface area contributed by atoms with Crippen LogP contribution in [0.4, 0.5) is 5.69 Å². The summed E-state index contributed by atoms with van der Waals surface area (Å²) < 4.78 is 5.00. The molecule has 0 aliphatic heterocycles. The summed E-state index contributed by atoms with van der Waals surface area (Å²) in [6, 6.07) is 5.41. The van der Waals surface area contributed by atoms with Gasteiger partial charge in [0.1, 0.15) is 0 Å². The summed E-state index contributed by atoms with van der Waals surface area (Å²) in [5.74, 6) is -0.317. The molecule has 0 heterocycles. The molecule has 0 aliphatic carbocycles. The fraction of sp³-hybridized carbons (Fsp3) is 0.500. The second-order valence-corrected chi connectivity index (χ2v) is 5.25. The van der Waals surface area contributed by atoms with E-state index in [1.54, 1.807) is 19.1 Å². The molecule has 116 valence electrons. The largest absolute Gasteiger partial charge is 0.462 e. The zero-order valence-corrected chi connectivity index (χ0v) is 13.8. The number of benzene rings is 1. The molecule has 0 saturated heterocycles. The van der Waals surface area contributed by atoms with Crippen molar-refractivity contribution in [2.75, 3.05) is 18.5 Å². The van der Waals surface area contributed by atoms with Crippen LogP contribution in [0.3, 0.4) is 0 Å². The zero-order valence-electron chi connectivity index (χ0n) is 13.0. The van der Waals surface area contributed by atoms with Crippen molar-refractivity contribution in [1.82, 2.24) is 5.32 Å². The molecule has 0 aliphatic rings. The lowest BCUT2D eigenvalue weighted by Crippen LogP contribution is -2.29. The molecule has 0 saturated carbocycles. The van der Waals surface area contributed by atoms with Crippen molar-refractivity contribution in [3.05, 3.63) is 29.3 Å². The predicted molar refractivity (Wildman–Crippen MR) is 90.9 cm³/mol. The molecule has 0 radical (unpaired) electrons. The number of carbonyl (C=O) groups is 1. The van der Waals surface area contributed by atoms with E-state index in [4.69, 9.17) is 17.0 Å². The first kappa shape index (κ1) is 17.4. The Morgan fingerprint density at radius 3 is 2.71 bits per heavy atom. The van der Waals surface area contributed by atoms with Gasteiger partial charge in [-0.1, -0.05) is 25.8 Å².